The van der Waals surface area contributed by atoms with Crippen molar-refractivity contribution in [3.05, 3.63) is 29.8 Å². The summed E-state index contributed by atoms with van der Waals surface area (Å²) in [6.45, 7) is 4.75. The lowest BCUT2D eigenvalue weighted by Gasteiger charge is -2.32. The van der Waals surface area contributed by atoms with Crippen molar-refractivity contribution in [1.82, 2.24) is 9.80 Å². The highest BCUT2D eigenvalue weighted by molar-refractivity contribution is 5.96. The van der Waals surface area contributed by atoms with Gasteiger partial charge >= 0.3 is 0 Å². The second kappa shape index (κ2) is 5.84. The predicted molar refractivity (Wildman–Crippen MR) is 74.1 cm³/mol. The minimum atomic E-state index is -0.135. The number of anilines is 1. The largest absolute Gasteiger partial charge is 0.336 e. The summed E-state index contributed by atoms with van der Waals surface area (Å²) in [5.74, 6) is -0.107. The molecule has 0 saturated carbocycles. The van der Waals surface area contributed by atoms with Crippen molar-refractivity contribution < 1.29 is 9.59 Å². The SMILES string of the molecule is CC(=O)Nc1cccc(C(=O)N2CCN(C)CC2)c1. The van der Waals surface area contributed by atoms with E-state index in [1.165, 1.54) is 6.92 Å². The van der Waals surface area contributed by atoms with Crippen LogP contribution >= 0.6 is 0 Å². The summed E-state index contributed by atoms with van der Waals surface area (Å²) in [5.41, 5.74) is 1.28. The van der Waals surface area contributed by atoms with Gasteiger partial charge in [-0.1, -0.05) is 6.07 Å². The van der Waals surface area contributed by atoms with E-state index in [9.17, 15) is 9.59 Å². The molecule has 0 aliphatic carbocycles. The van der Waals surface area contributed by atoms with Gasteiger partial charge in [0.2, 0.25) is 5.91 Å². The lowest BCUT2D eigenvalue weighted by atomic mass is 10.1. The Kier molecular flexibility index (Phi) is 4.16. The Bertz CT molecular complexity index is 479. The zero-order chi connectivity index (χ0) is 13.8. The van der Waals surface area contributed by atoms with Gasteiger partial charge in [0.1, 0.15) is 0 Å². The Morgan fingerprint density at radius 3 is 2.47 bits per heavy atom. The molecule has 0 unspecified atom stereocenters. The molecule has 5 heteroatoms. The van der Waals surface area contributed by atoms with E-state index >= 15 is 0 Å². The minimum Gasteiger partial charge on any atom is -0.336 e. The zero-order valence-corrected chi connectivity index (χ0v) is 11.3. The predicted octanol–water partition coefficient (Wildman–Crippen LogP) is 1.03. The van der Waals surface area contributed by atoms with Crippen molar-refractivity contribution in [2.24, 2.45) is 0 Å². The maximum atomic E-state index is 12.3. The first-order valence-corrected chi connectivity index (χ1v) is 6.42. The first-order valence-electron chi connectivity index (χ1n) is 6.42. The van der Waals surface area contributed by atoms with E-state index in [4.69, 9.17) is 0 Å². The number of benzene rings is 1. The molecule has 1 heterocycles. The van der Waals surface area contributed by atoms with Crippen LogP contribution in [-0.4, -0.2) is 54.8 Å². The average molecular weight is 261 g/mol. The van der Waals surface area contributed by atoms with Gasteiger partial charge in [-0.2, -0.15) is 0 Å². The normalized spacial score (nSPS) is 16.2. The zero-order valence-electron chi connectivity index (χ0n) is 11.3. The van der Waals surface area contributed by atoms with Gasteiger partial charge < -0.3 is 15.1 Å². The molecule has 0 atom stereocenters. The number of nitrogens with one attached hydrogen (secondary N) is 1. The molecule has 1 fully saturated rings. The van der Waals surface area contributed by atoms with E-state index in [-0.39, 0.29) is 11.8 Å². The molecule has 102 valence electrons. The van der Waals surface area contributed by atoms with Crippen LogP contribution < -0.4 is 5.32 Å². The number of hydrogen-bond acceptors (Lipinski definition) is 3. The van der Waals surface area contributed by atoms with Gasteiger partial charge in [-0.25, -0.2) is 0 Å². The molecule has 1 aromatic rings. The topological polar surface area (TPSA) is 52.7 Å². The molecule has 2 rings (SSSR count). The van der Waals surface area contributed by atoms with E-state index in [1.807, 2.05) is 4.90 Å². The number of amides is 2. The first-order chi connectivity index (χ1) is 9.06. The van der Waals surface area contributed by atoms with Crippen LogP contribution in [-0.2, 0) is 4.79 Å². The van der Waals surface area contributed by atoms with Crippen LogP contribution in [0.5, 0.6) is 0 Å². The molecular formula is C14H19N3O2. The Morgan fingerprint density at radius 2 is 1.84 bits per heavy atom. The number of hydrogen-bond donors (Lipinski definition) is 1. The highest BCUT2D eigenvalue weighted by Crippen LogP contribution is 2.14. The van der Waals surface area contributed by atoms with Gasteiger partial charge in [0, 0.05) is 44.4 Å². The highest BCUT2D eigenvalue weighted by atomic mass is 16.2. The fraction of sp³-hybridized carbons (Fsp3) is 0.429. The summed E-state index contributed by atoms with van der Waals surface area (Å²) in [5, 5.41) is 2.69. The molecule has 0 bridgehead atoms. The monoisotopic (exact) mass is 261 g/mol. The molecule has 0 aromatic heterocycles. The van der Waals surface area contributed by atoms with Gasteiger partial charge in [-0.3, -0.25) is 9.59 Å². The number of likely N-dealkylation sites (N-methyl/N-ethyl adjacent to an activating group) is 1. The Hall–Kier alpha value is -1.88. The summed E-state index contributed by atoms with van der Waals surface area (Å²) in [6, 6.07) is 7.07. The number of nitrogens with zero attached hydrogens (tertiary/aromatic N) is 2. The third-order valence-electron chi connectivity index (χ3n) is 3.22. The molecule has 5 nitrogen and oxygen atoms in total. The summed E-state index contributed by atoms with van der Waals surface area (Å²) in [6.07, 6.45) is 0. The molecule has 0 radical (unpaired) electrons. The van der Waals surface area contributed by atoms with Crippen LogP contribution in [0, 0.1) is 0 Å². The highest BCUT2D eigenvalue weighted by Gasteiger charge is 2.20. The summed E-state index contributed by atoms with van der Waals surface area (Å²) in [4.78, 5) is 27.4. The fourth-order valence-corrected chi connectivity index (χ4v) is 2.13. The van der Waals surface area contributed by atoms with Crippen LogP contribution in [0.4, 0.5) is 5.69 Å². The lowest BCUT2D eigenvalue weighted by Crippen LogP contribution is -2.47. The number of carbonyl (C=O) groups excluding carboxylic acids is 2. The standard InChI is InChI=1S/C14H19N3O2/c1-11(18)15-13-5-3-4-12(10-13)14(19)17-8-6-16(2)7-9-17/h3-5,10H,6-9H2,1-2H3,(H,15,18). The average Bonchev–Trinajstić information content (AvgIpc) is 2.38. The first kappa shape index (κ1) is 13.5. The van der Waals surface area contributed by atoms with Gasteiger partial charge in [-0.05, 0) is 25.2 Å². The third-order valence-corrected chi connectivity index (χ3v) is 3.22. The lowest BCUT2D eigenvalue weighted by molar-refractivity contribution is -0.114. The number of rotatable bonds is 2. The Labute approximate surface area is 113 Å². The van der Waals surface area contributed by atoms with Crippen LogP contribution in [0.3, 0.4) is 0 Å². The van der Waals surface area contributed by atoms with E-state index in [0.717, 1.165) is 26.2 Å². The van der Waals surface area contributed by atoms with E-state index in [1.54, 1.807) is 24.3 Å². The molecule has 0 spiro atoms. The van der Waals surface area contributed by atoms with Gasteiger partial charge in [0.05, 0.1) is 0 Å². The van der Waals surface area contributed by atoms with Crippen molar-refractivity contribution in [2.45, 2.75) is 6.92 Å². The van der Waals surface area contributed by atoms with Gasteiger partial charge in [0.25, 0.3) is 5.91 Å². The quantitative estimate of drug-likeness (QED) is 0.865. The summed E-state index contributed by atoms with van der Waals surface area (Å²) >= 11 is 0. The van der Waals surface area contributed by atoms with Crippen molar-refractivity contribution in [2.75, 3.05) is 38.5 Å². The fourth-order valence-electron chi connectivity index (χ4n) is 2.13. The Balaban J connectivity index is 2.08. The van der Waals surface area contributed by atoms with Crippen LogP contribution in [0.1, 0.15) is 17.3 Å². The smallest absolute Gasteiger partial charge is 0.254 e. The van der Waals surface area contributed by atoms with Gasteiger partial charge in [-0.15, -0.1) is 0 Å². The minimum absolute atomic E-state index is 0.0281. The molecule has 1 N–H and O–H groups in total. The summed E-state index contributed by atoms with van der Waals surface area (Å²) < 4.78 is 0. The second-order valence-electron chi connectivity index (χ2n) is 4.86. The van der Waals surface area contributed by atoms with Gasteiger partial charge in [0.15, 0.2) is 0 Å². The molecule has 1 aromatic carbocycles. The third kappa shape index (κ3) is 3.54. The second-order valence-corrected chi connectivity index (χ2v) is 4.86. The van der Waals surface area contributed by atoms with E-state index < -0.39 is 0 Å². The molecule has 19 heavy (non-hydrogen) atoms. The maximum Gasteiger partial charge on any atom is 0.254 e. The van der Waals surface area contributed by atoms with E-state index in [2.05, 4.69) is 17.3 Å². The van der Waals surface area contributed by atoms with Crippen molar-refractivity contribution in [3.8, 4) is 0 Å². The van der Waals surface area contributed by atoms with Crippen molar-refractivity contribution in [3.63, 3.8) is 0 Å². The number of carbonyl (C=O) groups is 2. The number of piperazine rings is 1. The van der Waals surface area contributed by atoms with Crippen LogP contribution in [0.2, 0.25) is 0 Å². The molecule has 1 saturated heterocycles. The van der Waals surface area contributed by atoms with Crippen LogP contribution in [0.15, 0.2) is 24.3 Å². The molecule has 1 aliphatic heterocycles. The molecule has 2 amide bonds. The van der Waals surface area contributed by atoms with Crippen molar-refractivity contribution in [1.29, 1.82) is 0 Å². The Morgan fingerprint density at radius 1 is 1.16 bits per heavy atom. The van der Waals surface area contributed by atoms with Crippen molar-refractivity contribution >= 4 is 17.5 Å². The molecular weight excluding hydrogens is 242 g/mol. The van der Waals surface area contributed by atoms with E-state index in [0.29, 0.717) is 11.3 Å². The maximum absolute atomic E-state index is 12.3. The molecule has 1 aliphatic rings. The summed E-state index contributed by atoms with van der Waals surface area (Å²) in [7, 11) is 2.05. The van der Waals surface area contributed by atoms with Crippen LogP contribution in [0.25, 0.3) is 0 Å².